The molecule has 0 aliphatic carbocycles. The summed E-state index contributed by atoms with van der Waals surface area (Å²) in [5.41, 5.74) is 0. The Morgan fingerprint density at radius 1 is 1.23 bits per heavy atom. The third-order valence-electron chi connectivity index (χ3n) is 4.92. The van der Waals surface area contributed by atoms with Gasteiger partial charge in [0.1, 0.15) is 18.1 Å². The van der Waals surface area contributed by atoms with Gasteiger partial charge in [0.2, 0.25) is 5.91 Å². The van der Waals surface area contributed by atoms with E-state index >= 15 is 0 Å². The summed E-state index contributed by atoms with van der Waals surface area (Å²) < 4.78 is 13.3. The normalized spacial score (nSPS) is 12.2. The summed E-state index contributed by atoms with van der Waals surface area (Å²) >= 11 is 7.56. The molecule has 0 spiro atoms. The molecule has 3 rings (SSSR count). The maximum atomic E-state index is 12.4. The summed E-state index contributed by atoms with van der Waals surface area (Å²) in [6, 6.07) is 11.0. The Morgan fingerprint density at radius 2 is 2.00 bits per heavy atom. The monoisotopic (exact) mass is 462 g/mol. The predicted molar refractivity (Wildman–Crippen MR) is 121 cm³/mol. The number of nitrogens with zero attached hydrogens (tertiary/aromatic N) is 3. The zero-order valence-electron chi connectivity index (χ0n) is 17.9. The number of hydrogen-bond acceptors (Lipinski definition) is 6. The molecule has 0 aliphatic rings. The first kappa shape index (κ1) is 23.2. The van der Waals surface area contributed by atoms with E-state index in [-0.39, 0.29) is 30.4 Å². The first-order valence-corrected chi connectivity index (χ1v) is 11.7. The second-order valence-electron chi connectivity index (χ2n) is 7.05. The summed E-state index contributed by atoms with van der Waals surface area (Å²) in [7, 11) is 0. The zero-order valence-corrected chi connectivity index (χ0v) is 19.4. The van der Waals surface area contributed by atoms with Gasteiger partial charge >= 0.3 is 0 Å². The Balaban J connectivity index is 1.68. The minimum atomic E-state index is -0.195. The molecule has 0 radical (unpaired) electrons. The lowest BCUT2D eigenvalue weighted by atomic mass is 10.2. The van der Waals surface area contributed by atoms with Crippen LogP contribution in [-0.2, 0) is 11.4 Å². The number of carbonyl (C=O) groups excluding carboxylic acids is 1. The fraction of sp³-hybridized carbons (Fsp3) is 0.409. The molecule has 31 heavy (non-hydrogen) atoms. The van der Waals surface area contributed by atoms with Crippen LogP contribution in [0, 0.1) is 0 Å². The Labute approximate surface area is 191 Å². The highest BCUT2D eigenvalue weighted by molar-refractivity contribution is 7.99. The molecule has 0 bridgehead atoms. The molecule has 1 atom stereocenters. The summed E-state index contributed by atoms with van der Waals surface area (Å²) in [5.74, 6) is 2.16. The summed E-state index contributed by atoms with van der Waals surface area (Å²) in [4.78, 5) is 12.4. The summed E-state index contributed by atoms with van der Waals surface area (Å²) in [6.45, 7) is 6.38. The third-order valence-corrected chi connectivity index (χ3v) is 6.17. The molecule has 0 saturated heterocycles. The van der Waals surface area contributed by atoms with Crippen LogP contribution in [0.25, 0.3) is 0 Å². The highest BCUT2D eigenvalue weighted by Crippen LogP contribution is 2.28. The van der Waals surface area contributed by atoms with Crippen LogP contribution in [0.2, 0.25) is 5.02 Å². The van der Waals surface area contributed by atoms with E-state index in [1.807, 2.05) is 31.2 Å². The molecule has 2 aromatic heterocycles. The number of amides is 1. The number of para-hydroxylation sites is 1. The molecule has 0 saturated carbocycles. The molecule has 0 fully saturated rings. The molecule has 7 nitrogen and oxygen atoms in total. The van der Waals surface area contributed by atoms with E-state index in [1.165, 1.54) is 11.8 Å². The van der Waals surface area contributed by atoms with Crippen molar-refractivity contribution in [3.8, 4) is 5.75 Å². The molecule has 166 valence electrons. The van der Waals surface area contributed by atoms with E-state index in [0.29, 0.717) is 21.8 Å². The fourth-order valence-electron chi connectivity index (χ4n) is 3.25. The molecule has 1 aromatic carbocycles. The smallest absolute Gasteiger partial charge is 0.231 e. The number of hydrogen-bond donors (Lipinski definition) is 1. The van der Waals surface area contributed by atoms with Crippen LogP contribution in [-0.4, -0.2) is 26.4 Å². The molecule has 2 heterocycles. The largest absolute Gasteiger partial charge is 0.484 e. The Bertz CT molecular complexity index is 973. The van der Waals surface area contributed by atoms with Crippen LogP contribution in [0.15, 0.2) is 52.2 Å². The van der Waals surface area contributed by atoms with Gasteiger partial charge in [-0.1, -0.05) is 49.3 Å². The number of ether oxygens (including phenoxy) is 1. The molecule has 1 unspecified atom stereocenters. The number of nitrogens with one attached hydrogen (secondary N) is 1. The molecular formula is C22H27ClN4O3S. The molecule has 0 aliphatic heterocycles. The van der Waals surface area contributed by atoms with Crippen molar-refractivity contribution in [1.82, 2.24) is 20.1 Å². The van der Waals surface area contributed by atoms with Crippen LogP contribution in [0.4, 0.5) is 0 Å². The van der Waals surface area contributed by atoms with Gasteiger partial charge in [-0.2, -0.15) is 0 Å². The van der Waals surface area contributed by atoms with Crippen LogP contribution < -0.4 is 10.1 Å². The van der Waals surface area contributed by atoms with Crippen LogP contribution in [0.1, 0.15) is 57.3 Å². The zero-order chi connectivity index (χ0) is 22.2. The number of benzene rings is 1. The van der Waals surface area contributed by atoms with Gasteiger partial charge in [-0.05, 0) is 44.0 Å². The predicted octanol–water partition coefficient (Wildman–Crippen LogP) is 5.43. The van der Waals surface area contributed by atoms with Crippen molar-refractivity contribution in [2.45, 2.75) is 57.5 Å². The Hall–Kier alpha value is -2.45. The van der Waals surface area contributed by atoms with Gasteiger partial charge in [-0.25, -0.2) is 0 Å². The Kier molecular flexibility index (Phi) is 8.43. The molecule has 9 heteroatoms. The van der Waals surface area contributed by atoms with Gasteiger partial charge in [-0.15, -0.1) is 10.2 Å². The lowest BCUT2D eigenvalue weighted by molar-refractivity contribution is -0.119. The minimum Gasteiger partial charge on any atom is -0.484 e. The van der Waals surface area contributed by atoms with Gasteiger partial charge in [0.15, 0.2) is 11.0 Å². The lowest BCUT2D eigenvalue weighted by Gasteiger charge is -2.19. The van der Waals surface area contributed by atoms with Crippen LogP contribution >= 0.6 is 23.4 Å². The van der Waals surface area contributed by atoms with Gasteiger partial charge in [0.25, 0.3) is 0 Å². The van der Waals surface area contributed by atoms with E-state index in [4.69, 9.17) is 20.8 Å². The number of furan rings is 1. The average Bonchev–Trinajstić information content (AvgIpc) is 3.43. The fourth-order valence-corrected chi connectivity index (χ4v) is 4.28. The lowest BCUT2D eigenvalue weighted by Crippen LogP contribution is -2.28. The van der Waals surface area contributed by atoms with E-state index < -0.39 is 0 Å². The van der Waals surface area contributed by atoms with Gasteiger partial charge in [0, 0.05) is 6.04 Å². The SMILES string of the molecule is CCC(CC)n1c(COc2ccccc2Cl)nnc1SCC(=O)NC(C)c1ccco1. The summed E-state index contributed by atoms with van der Waals surface area (Å²) in [5, 5.41) is 12.9. The number of thioether (sulfide) groups is 1. The third kappa shape index (κ3) is 6.04. The van der Waals surface area contributed by atoms with Crippen molar-refractivity contribution in [1.29, 1.82) is 0 Å². The first-order chi connectivity index (χ1) is 15.0. The van der Waals surface area contributed by atoms with E-state index in [0.717, 1.165) is 18.6 Å². The quantitative estimate of drug-likeness (QED) is 0.382. The van der Waals surface area contributed by atoms with Gasteiger partial charge < -0.3 is 19.0 Å². The topological polar surface area (TPSA) is 82.2 Å². The van der Waals surface area contributed by atoms with Crippen molar-refractivity contribution >= 4 is 29.3 Å². The van der Waals surface area contributed by atoms with Crippen molar-refractivity contribution in [3.63, 3.8) is 0 Å². The minimum absolute atomic E-state index is 0.0955. The molecule has 3 aromatic rings. The molecule has 1 N–H and O–H groups in total. The number of aromatic nitrogens is 3. The van der Waals surface area contributed by atoms with Crippen molar-refractivity contribution in [3.05, 3.63) is 59.3 Å². The van der Waals surface area contributed by atoms with Crippen molar-refractivity contribution < 1.29 is 13.9 Å². The van der Waals surface area contributed by atoms with Crippen LogP contribution in [0.3, 0.4) is 0 Å². The second-order valence-corrected chi connectivity index (χ2v) is 8.40. The first-order valence-electron chi connectivity index (χ1n) is 10.3. The maximum Gasteiger partial charge on any atom is 0.231 e. The van der Waals surface area contributed by atoms with Crippen molar-refractivity contribution in [2.75, 3.05) is 5.75 Å². The standard InChI is InChI=1S/C22H27ClN4O3S/c1-4-16(5-2)27-20(13-30-19-10-7-6-9-17(19)23)25-26-22(27)31-14-21(28)24-15(3)18-11-8-12-29-18/h6-12,15-16H,4-5,13-14H2,1-3H3,(H,24,28). The molecule has 1 amide bonds. The maximum absolute atomic E-state index is 12.4. The highest BCUT2D eigenvalue weighted by Gasteiger charge is 2.21. The van der Waals surface area contributed by atoms with Gasteiger partial charge in [0.05, 0.1) is 23.1 Å². The average molecular weight is 463 g/mol. The van der Waals surface area contributed by atoms with Crippen LogP contribution in [0.5, 0.6) is 5.75 Å². The van der Waals surface area contributed by atoms with E-state index in [9.17, 15) is 4.79 Å². The number of rotatable bonds is 11. The Morgan fingerprint density at radius 3 is 2.68 bits per heavy atom. The molecular weight excluding hydrogens is 436 g/mol. The summed E-state index contributed by atoms with van der Waals surface area (Å²) in [6.07, 6.45) is 3.43. The number of halogens is 1. The van der Waals surface area contributed by atoms with Crippen molar-refractivity contribution in [2.24, 2.45) is 0 Å². The van der Waals surface area contributed by atoms with E-state index in [1.54, 1.807) is 18.4 Å². The number of carbonyl (C=O) groups is 1. The van der Waals surface area contributed by atoms with Gasteiger partial charge in [-0.3, -0.25) is 4.79 Å². The highest BCUT2D eigenvalue weighted by atomic mass is 35.5. The second kappa shape index (κ2) is 11.2. The van der Waals surface area contributed by atoms with E-state index in [2.05, 4.69) is 33.9 Å².